The van der Waals surface area contributed by atoms with Crippen molar-refractivity contribution in [2.45, 2.75) is 0 Å². The number of methoxy groups -OCH3 is 1. The monoisotopic (exact) mass is 269 g/mol. The van der Waals surface area contributed by atoms with Gasteiger partial charge in [0.2, 0.25) is 5.28 Å². The lowest BCUT2D eigenvalue weighted by atomic mass is 10.3. The van der Waals surface area contributed by atoms with E-state index in [9.17, 15) is 0 Å². The van der Waals surface area contributed by atoms with E-state index in [2.05, 4.69) is 15.3 Å². The van der Waals surface area contributed by atoms with Crippen LogP contribution >= 0.6 is 23.2 Å². The van der Waals surface area contributed by atoms with Crippen LogP contribution in [0.15, 0.2) is 30.5 Å². The molecule has 0 saturated carbocycles. The van der Waals surface area contributed by atoms with Gasteiger partial charge in [0.25, 0.3) is 0 Å². The fourth-order valence-corrected chi connectivity index (χ4v) is 1.70. The van der Waals surface area contributed by atoms with Crippen molar-refractivity contribution < 1.29 is 4.74 Å². The van der Waals surface area contributed by atoms with Crippen LogP contribution in [0.1, 0.15) is 0 Å². The lowest BCUT2D eigenvalue weighted by molar-refractivity contribution is 0.415. The van der Waals surface area contributed by atoms with Crippen LogP contribution in [-0.4, -0.2) is 17.1 Å². The highest BCUT2D eigenvalue weighted by atomic mass is 35.5. The molecule has 0 amide bonds. The molecule has 0 atom stereocenters. The number of ether oxygens (including phenoxy) is 1. The van der Waals surface area contributed by atoms with Crippen molar-refractivity contribution in [1.82, 2.24) is 9.97 Å². The van der Waals surface area contributed by atoms with Gasteiger partial charge in [-0.15, -0.1) is 0 Å². The minimum Gasteiger partial charge on any atom is -0.495 e. The van der Waals surface area contributed by atoms with E-state index in [4.69, 9.17) is 27.9 Å². The van der Waals surface area contributed by atoms with Crippen LogP contribution in [0.4, 0.5) is 11.5 Å². The fourth-order valence-electron chi connectivity index (χ4n) is 1.30. The molecule has 88 valence electrons. The third-order valence-electron chi connectivity index (χ3n) is 2.05. The average molecular weight is 270 g/mol. The molecule has 0 aliphatic heterocycles. The van der Waals surface area contributed by atoms with E-state index < -0.39 is 0 Å². The summed E-state index contributed by atoms with van der Waals surface area (Å²) in [4.78, 5) is 7.80. The normalized spacial score (nSPS) is 10.1. The molecule has 0 fully saturated rings. The molecular formula is C11H9Cl2N3O. The third kappa shape index (κ3) is 2.99. The lowest BCUT2D eigenvalue weighted by Crippen LogP contribution is -1.95. The summed E-state index contributed by atoms with van der Waals surface area (Å²) < 4.78 is 5.06. The van der Waals surface area contributed by atoms with Crippen molar-refractivity contribution >= 4 is 34.7 Å². The largest absolute Gasteiger partial charge is 0.495 e. The van der Waals surface area contributed by atoms with Gasteiger partial charge in [0.15, 0.2) is 0 Å². The summed E-state index contributed by atoms with van der Waals surface area (Å²) in [5.74, 6) is 1.23. The minimum absolute atomic E-state index is 0.189. The van der Waals surface area contributed by atoms with E-state index in [1.54, 1.807) is 31.5 Å². The Morgan fingerprint density at radius 1 is 1.24 bits per heavy atom. The predicted molar refractivity (Wildman–Crippen MR) is 68.3 cm³/mol. The second-order valence-corrected chi connectivity index (χ2v) is 3.93. The number of halogens is 2. The Morgan fingerprint density at radius 2 is 2.06 bits per heavy atom. The highest BCUT2D eigenvalue weighted by Gasteiger charge is 2.03. The van der Waals surface area contributed by atoms with Gasteiger partial charge in [-0.2, -0.15) is 0 Å². The zero-order valence-corrected chi connectivity index (χ0v) is 10.5. The zero-order valence-electron chi connectivity index (χ0n) is 8.95. The van der Waals surface area contributed by atoms with Gasteiger partial charge in [0.1, 0.15) is 11.6 Å². The molecule has 1 heterocycles. The molecule has 1 N–H and O–H groups in total. The SMILES string of the molecule is COc1ccc(Nc2ccnc(Cl)n2)cc1Cl. The number of hydrogen-bond acceptors (Lipinski definition) is 4. The van der Waals surface area contributed by atoms with Crippen molar-refractivity contribution in [1.29, 1.82) is 0 Å². The van der Waals surface area contributed by atoms with E-state index in [1.165, 1.54) is 0 Å². The van der Waals surface area contributed by atoms with Gasteiger partial charge in [-0.25, -0.2) is 9.97 Å². The van der Waals surface area contributed by atoms with Crippen LogP contribution in [0.5, 0.6) is 5.75 Å². The van der Waals surface area contributed by atoms with E-state index in [0.717, 1.165) is 5.69 Å². The van der Waals surface area contributed by atoms with Gasteiger partial charge >= 0.3 is 0 Å². The number of nitrogens with zero attached hydrogens (tertiary/aromatic N) is 2. The topological polar surface area (TPSA) is 47.0 Å². The zero-order chi connectivity index (χ0) is 12.3. The van der Waals surface area contributed by atoms with Gasteiger partial charge in [-0.1, -0.05) is 11.6 Å². The molecule has 0 aliphatic rings. The highest BCUT2D eigenvalue weighted by molar-refractivity contribution is 6.32. The molecule has 2 rings (SSSR count). The second-order valence-electron chi connectivity index (χ2n) is 3.19. The molecular weight excluding hydrogens is 261 g/mol. The lowest BCUT2D eigenvalue weighted by Gasteiger charge is -2.08. The Labute approximate surface area is 109 Å². The Morgan fingerprint density at radius 3 is 2.71 bits per heavy atom. The van der Waals surface area contributed by atoms with Crippen molar-refractivity contribution in [3.05, 3.63) is 40.8 Å². The summed E-state index contributed by atoms with van der Waals surface area (Å²) in [6, 6.07) is 7.06. The predicted octanol–water partition coefficient (Wildman–Crippen LogP) is 3.54. The summed E-state index contributed by atoms with van der Waals surface area (Å²) in [6.45, 7) is 0. The maximum Gasteiger partial charge on any atom is 0.224 e. The Bertz CT molecular complexity index is 534. The van der Waals surface area contributed by atoms with Gasteiger partial charge in [0, 0.05) is 11.9 Å². The number of aromatic nitrogens is 2. The van der Waals surface area contributed by atoms with Gasteiger partial charge in [-0.3, -0.25) is 0 Å². The highest BCUT2D eigenvalue weighted by Crippen LogP contribution is 2.28. The van der Waals surface area contributed by atoms with Gasteiger partial charge in [0.05, 0.1) is 12.1 Å². The molecule has 2 aromatic rings. The minimum atomic E-state index is 0.189. The summed E-state index contributed by atoms with van der Waals surface area (Å²) in [7, 11) is 1.57. The number of benzene rings is 1. The fraction of sp³-hybridized carbons (Fsp3) is 0.0909. The number of nitrogens with one attached hydrogen (secondary N) is 1. The van der Waals surface area contributed by atoms with Crippen LogP contribution in [0.25, 0.3) is 0 Å². The maximum atomic E-state index is 6.00. The molecule has 0 radical (unpaired) electrons. The van der Waals surface area contributed by atoms with Crippen LogP contribution in [-0.2, 0) is 0 Å². The first-order valence-corrected chi connectivity index (χ1v) is 5.54. The van der Waals surface area contributed by atoms with Gasteiger partial charge in [-0.05, 0) is 35.9 Å². The Hall–Kier alpha value is -1.52. The van der Waals surface area contributed by atoms with Crippen LogP contribution in [0, 0.1) is 0 Å². The maximum absolute atomic E-state index is 6.00. The molecule has 0 unspecified atom stereocenters. The average Bonchev–Trinajstić information content (AvgIpc) is 2.29. The number of anilines is 2. The van der Waals surface area contributed by atoms with Crippen molar-refractivity contribution in [2.24, 2.45) is 0 Å². The molecule has 1 aromatic carbocycles. The Balaban J connectivity index is 2.22. The van der Waals surface area contributed by atoms with Crippen molar-refractivity contribution in [3.8, 4) is 5.75 Å². The van der Waals surface area contributed by atoms with Crippen LogP contribution in [0.2, 0.25) is 10.3 Å². The quantitative estimate of drug-likeness (QED) is 0.866. The van der Waals surface area contributed by atoms with E-state index in [1.807, 2.05) is 6.07 Å². The molecule has 0 spiro atoms. The van der Waals surface area contributed by atoms with E-state index >= 15 is 0 Å². The summed E-state index contributed by atoms with van der Waals surface area (Å²) >= 11 is 11.7. The first-order valence-electron chi connectivity index (χ1n) is 4.78. The first kappa shape index (κ1) is 12.0. The van der Waals surface area contributed by atoms with Crippen molar-refractivity contribution in [3.63, 3.8) is 0 Å². The molecule has 0 bridgehead atoms. The summed E-state index contributed by atoms with van der Waals surface area (Å²) in [6.07, 6.45) is 1.57. The summed E-state index contributed by atoms with van der Waals surface area (Å²) in [5.41, 5.74) is 0.797. The third-order valence-corrected chi connectivity index (χ3v) is 2.53. The first-order chi connectivity index (χ1) is 8.19. The molecule has 17 heavy (non-hydrogen) atoms. The van der Waals surface area contributed by atoms with E-state index in [-0.39, 0.29) is 5.28 Å². The molecule has 0 aliphatic carbocycles. The van der Waals surface area contributed by atoms with Gasteiger partial charge < -0.3 is 10.1 Å². The molecule has 4 nitrogen and oxygen atoms in total. The Kier molecular flexibility index (Phi) is 3.66. The molecule has 6 heteroatoms. The summed E-state index contributed by atoms with van der Waals surface area (Å²) in [5, 5.41) is 3.78. The second kappa shape index (κ2) is 5.21. The molecule has 1 aromatic heterocycles. The molecule has 0 saturated heterocycles. The number of hydrogen-bond donors (Lipinski definition) is 1. The van der Waals surface area contributed by atoms with Crippen LogP contribution in [0.3, 0.4) is 0 Å². The van der Waals surface area contributed by atoms with E-state index in [0.29, 0.717) is 16.6 Å². The smallest absolute Gasteiger partial charge is 0.224 e. The number of rotatable bonds is 3. The van der Waals surface area contributed by atoms with Crippen LogP contribution < -0.4 is 10.1 Å². The van der Waals surface area contributed by atoms with Crippen molar-refractivity contribution in [2.75, 3.05) is 12.4 Å². The standard InChI is InChI=1S/C11H9Cl2N3O/c1-17-9-3-2-7(6-8(9)12)15-10-4-5-14-11(13)16-10/h2-6H,1H3,(H,14,15,16).